The van der Waals surface area contributed by atoms with Crippen molar-refractivity contribution in [1.29, 1.82) is 0 Å². The summed E-state index contributed by atoms with van der Waals surface area (Å²) >= 11 is 0. The van der Waals surface area contributed by atoms with Gasteiger partial charge in [0.15, 0.2) is 0 Å². The first-order chi connectivity index (χ1) is 19.1. The molecule has 1 fully saturated rings. The van der Waals surface area contributed by atoms with Crippen LogP contribution in [0.5, 0.6) is 5.75 Å². The molecule has 5 atom stereocenters. The van der Waals surface area contributed by atoms with Crippen molar-refractivity contribution in [3.8, 4) is 5.75 Å². The number of carbonyl (C=O) groups is 1. The first kappa shape index (κ1) is 29.6. The Balaban J connectivity index is 1.53. The number of aromatic amines is 1. The summed E-state index contributed by atoms with van der Waals surface area (Å²) in [6.45, 7) is 3.12. The van der Waals surface area contributed by atoms with Gasteiger partial charge in [0.05, 0.1) is 25.5 Å². The van der Waals surface area contributed by atoms with E-state index in [4.69, 9.17) is 18.5 Å². The Morgan fingerprint density at radius 3 is 2.80 bits per heavy atom. The van der Waals surface area contributed by atoms with E-state index in [0.29, 0.717) is 18.0 Å². The molecule has 1 aromatic heterocycles. The standard InChI is InChI=1S/C26H31FN3O9P/c1-3-4-12-36-25(33)16(2)29-40(35,39-21-11-7-9-17-8-5-6-10-18(17)21)37-15-22-20(31)13-23(38-22)30-14-19(27)24(32)28-26(30)34/h5-11,14,16,20,22-23,31H,3-4,12-13,15H2,1-2H3,(H,29,35)(H,28,32,34)/t16-,20-,22+,23+,40?/m0/s1. The Bertz CT molecular complexity index is 1510. The van der Waals surface area contributed by atoms with E-state index < -0.39 is 61.9 Å². The van der Waals surface area contributed by atoms with Gasteiger partial charge in [-0.05, 0) is 24.8 Å². The molecule has 1 aliphatic rings. The number of hydrogen-bond donors (Lipinski definition) is 3. The van der Waals surface area contributed by atoms with Crippen molar-refractivity contribution in [2.75, 3.05) is 13.2 Å². The maximum atomic E-state index is 14.0. The van der Waals surface area contributed by atoms with Crippen molar-refractivity contribution in [1.82, 2.24) is 14.6 Å². The van der Waals surface area contributed by atoms with E-state index in [0.717, 1.165) is 16.4 Å². The van der Waals surface area contributed by atoms with Crippen molar-refractivity contribution in [2.45, 2.75) is 57.6 Å². The smallest absolute Gasteiger partial charge is 0.459 e. The van der Waals surface area contributed by atoms with E-state index >= 15 is 0 Å². The van der Waals surface area contributed by atoms with Crippen LogP contribution in [0.15, 0.2) is 58.3 Å². The average molecular weight is 580 g/mol. The van der Waals surface area contributed by atoms with E-state index in [2.05, 4.69) is 5.09 Å². The molecule has 3 aromatic rings. The number of nitrogens with zero attached hydrogens (tertiary/aromatic N) is 1. The van der Waals surface area contributed by atoms with E-state index in [1.807, 2.05) is 30.1 Å². The fourth-order valence-corrected chi connectivity index (χ4v) is 5.63. The Morgan fingerprint density at radius 2 is 2.02 bits per heavy atom. The number of carbonyl (C=O) groups excluding carboxylic acids is 1. The molecule has 4 rings (SSSR count). The first-order valence-electron chi connectivity index (χ1n) is 12.8. The predicted octanol–water partition coefficient (Wildman–Crippen LogP) is 3.00. The number of H-pyrrole nitrogens is 1. The van der Waals surface area contributed by atoms with Crippen LogP contribution in [0.4, 0.5) is 4.39 Å². The molecule has 1 saturated heterocycles. The molecule has 2 aromatic carbocycles. The number of nitrogens with one attached hydrogen (secondary N) is 2. The lowest BCUT2D eigenvalue weighted by molar-refractivity contribution is -0.145. The fourth-order valence-electron chi connectivity index (χ4n) is 4.11. The Hall–Kier alpha value is -3.35. The monoisotopic (exact) mass is 579 g/mol. The van der Waals surface area contributed by atoms with Crippen LogP contribution in [-0.2, 0) is 23.4 Å². The minimum Gasteiger partial charge on any atom is -0.465 e. The lowest BCUT2D eigenvalue weighted by Gasteiger charge is -2.25. The van der Waals surface area contributed by atoms with Crippen molar-refractivity contribution >= 4 is 24.5 Å². The molecule has 0 saturated carbocycles. The van der Waals surface area contributed by atoms with Gasteiger partial charge in [0.1, 0.15) is 24.1 Å². The Kier molecular flexibility index (Phi) is 9.54. The fraction of sp³-hybridized carbons (Fsp3) is 0.423. The summed E-state index contributed by atoms with van der Waals surface area (Å²) in [6.07, 6.45) is -1.39. The normalized spacial score (nSPS) is 21.1. The molecular formula is C26H31FN3O9P. The number of rotatable bonds is 12. The van der Waals surface area contributed by atoms with Crippen molar-refractivity contribution in [3.05, 3.63) is 75.3 Å². The third kappa shape index (κ3) is 7.04. The third-order valence-corrected chi connectivity index (χ3v) is 7.89. The predicted molar refractivity (Wildman–Crippen MR) is 142 cm³/mol. The molecule has 0 spiro atoms. The van der Waals surface area contributed by atoms with E-state index in [1.165, 1.54) is 6.92 Å². The minimum atomic E-state index is -4.31. The maximum absolute atomic E-state index is 14.0. The number of aromatic nitrogens is 2. The Labute approximate surface area is 228 Å². The summed E-state index contributed by atoms with van der Waals surface area (Å²) in [4.78, 5) is 37.8. The molecule has 0 aliphatic carbocycles. The van der Waals surface area contributed by atoms with Gasteiger partial charge < -0.3 is 19.1 Å². The SMILES string of the molecule is CCCCOC(=O)[C@H](C)NP(=O)(OC[C@H]1O[C@@H](n2cc(F)c(=O)[nH]c2=O)C[C@@H]1O)Oc1cccc2ccccc12. The zero-order chi connectivity index (χ0) is 28.9. The van der Waals surface area contributed by atoms with E-state index in [1.54, 1.807) is 24.3 Å². The zero-order valence-electron chi connectivity index (χ0n) is 21.9. The molecule has 40 heavy (non-hydrogen) atoms. The molecule has 1 unspecified atom stereocenters. The van der Waals surface area contributed by atoms with Gasteiger partial charge in [0.2, 0.25) is 5.82 Å². The van der Waals surface area contributed by atoms with Crippen LogP contribution in [0.1, 0.15) is 39.3 Å². The van der Waals surface area contributed by atoms with Gasteiger partial charge in [-0.1, -0.05) is 49.7 Å². The average Bonchev–Trinajstić information content (AvgIpc) is 3.30. The highest BCUT2D eigenvalue weighted by molar-refractivity contribution is 7.52. The number of halogens is 1. The highest BCUT2D eigenvalue weighted by Gasteiger charge is 2.40. The van der Waals surface area contributed by atoms with Crippen LogP contribution in [0.2, 0.25) is 0 Å². The molecule has 0 bridgehead atoms. The van der Waals surface area contributed by atoms with Crippen LogP contribution in [0, 0.1) is 5.82 Å². The number of aliphatic hydroxyl groups is 1. The van der Waals surface area contributed by atoms with E-state index in [9.17, 15) is 28.4 Å². The molecule has 1 aliphatic heterocycles. The van der Waals surface area contributed by atoms with Gasteiger partial charge in [-0.15, -0.1) is 0 Å². The van der Waals surface area contributed by atoms with Gasteiger partial charge in [0.25, 0.3) is 5.56 Å². The number of ether oxygens (including phenoxy) is 2. The minimum absolute atomic E-state index is 0.137. The highest BCUT2D eigenvalue weighted by atomic mass is 31.2. The van der Waals surface area contributed by atoms with Crippen LogP contribution in [0.3, 0.4) is 0 Å². The summed E-state index contributed by atoms with van der Waals surface area (Å²) in [5.41, 5.74) is -2.10. The molecule has 2 heterocycles. The zero-order valence-corrected chi connectivity index (χ0v) is 22.8. The summed E-state index contributed by atoms with van der Waals surface area (Å²) in [6, 6.07) is 11.3. The molecule has 3 N–H and O–H groups in total. The van der Waals surface area contributed by atoms with Crippen LogP contribution >= 0.6 is 7.75 Å². The van der Waals surface area contributed by atoms with Crippen molar-refractivity contribution in [2.24, 2.45) is 0 Å². The number of esters is 1. The van der Waals surface area contributed by atoms with Crippen LogP contribution in [0.25, 0.3) is 10.8 Å². The van der Waals surface area contributed by atoms with E-state index in [-0.39, 0.29) is 18.8 Å². The van der Waals surface area contributed by atoms with Gasteiger partial charge in [-0.25, -0.2) is 9.36 Å². The van der Waals surface area contributed by atoms with Gasteiger partial charge >= 0.3 is 19.4 Å². The van der Waals surface area contributed by atoms with Crippen LogP contribution in [-0.4, -0.2) is 52.1 Å². The molecular weight excluding hydrogens is 548 g/mol. The number of aliphatic hydroxyl groups excluding tert-OH is 1. The molecule has 12 nitrogen and oxygen atoms in total. The quantitative estimate of drug-likeness (QED) is 0.165. The number of benzene rings is 2. The Morgan fingerprint density at radius 1 is 1.27 bits per heavy atom. The van der Waals surface area contributed by atoms with Gasteiger partial charge in [-0.2, -0.15) is 9.48 Å². The number of unbranched alkanes of at least 4 members (excludes halogenated alkanes) is 1. The molecule has 216 valence electrons. The summed E-state index contributed by atoms with van der Waals surface area (Å²) in [5, 5.41) is 14.6. The van der Waals surface area contributed by atoms with Crippen molar-refractivity contribution < 1.29 is 37.4 Å². The number of hydrogen-bond acceptors (Lipinski definition) is 9. The topological polar surface area (TPSA) is 158 Å². The van der Waals surface area contributed by atoms with Gasteiger partial charge in [0, 0.05) is 11.8 Å². The second-order valence-corrected chi connectivity index (χ2v) is 11.0. The molecule has 14 heteroatoms. The molecule has 0 radical (unpaired) electrons. The summed E-state index contributed by atoms with van der Waals surface area (Å²) < 4.78 is 50.9. The van der Waals surface area contributed by atoms with Gasteiger partial charge in [-0.3, -0.25) is 23.7 Å². The highest BCUT2D eigenvalue weighted by Crippen LogP contribution is 2.47. The number of fused-ring (bicyclic) bond motifs is 1. The molecule has 0 amide bonds. The second kappa shape index (κ2) is 12.9. The van der Waals surface area contributed by atoms with Crippen molar-refractivity contribution in [3.63, 3.8) is 0 Å². The summed E-state index contributed by atoms with van der Waals surface area (Å²) in [5.74, 6) is -1.63. The maximum Gasteiger partial charge on any atom is 0.459 e. The van der Waals surface area contributed by atoms with Crippen LogP contribution < -0.4 is 20.9 Å². The lowest BCUT2D eigenvalue weighted by atomic mass is 10.1. The first-order valence-corrected chi connectivity index (χ1v) is 14.4. The summed E-state index contributed by atoms with van der Waals surface area (Å²) in [7, 11) is -4.31. The lowest BCUT2D eigenvalue weighted by Crippen LogP contribution is -2.36. The third-order valence-electron chi connectivity index (χ3n) is 6.26. The largest absolute Gasteiger partial charge is 0.465 e. The second-order valence-electron chi connectivity index (χ2n) is 9.31.